The number of hydrogen-bond acceptors (Lipinski definition) is 2. The maximum absolute atomic E-state index is 10.6. The van der Waals surface area contributed by atoms with E-state index in [2.05, 4.69) is 4.98 Å². The van der Waals surface area contributed by atoms with Crippen molar-refractivity contribution in [2.45, 2.75) is 13.0 Å². The Labute approximate surface area is 133 Å². The van der Waals surface area contributed by atoms with Crippen molar-refractivity contribution >= 4 is 34.1 Å². The van der Waals surface area contributed by atoms with Gasteiger partial charge in [0.1, 0.15) is 6.10 Å². The van der Waals surface area contributed by atoms with Gasteiger partial charge in [0, 0.05) is 26.7 Å². The molecule has 1 aromatic heterocycles. The van der Waals surface area contributed by atoms with Crippen molar-refractivity contribution < 1.29 is 5.11 Å². The third kappa shape index (κ3) is 2.75. The van der Waals surface area contributed by atoms with Crippen LogP contribution in [-0.2, 0) is 0 Å². The zero-order valence-electron chi connectivity index (χ0n) is 11.3. The molecule has 0 saturated carbocycles. The Bertz CT molecular complexity index is 797. The van der Waals surface area contributed by atoms with Gasteiger partial charge in [0.2, 0.25) is 0 Å². The van der Waals surface area contributed by atoms with E-state index in [0.29, 0.717) is 15.6 Å². The van der Waals surface area contributed by atoms with Gasteiger partial charge in [-0.3, -0.25) is 4.98 Å². The van der Waals surface area contributed by atoms with Gasteiger partial charge < -0.3 is 5.11 Å². The van der Waals surface area contributed by atoms with E-state index in [4.69, 9.17) is 23.2 Å². The van der Waals surface area contributed by atoms with Crippen LogP contribution in [0.4, 0.5) is 0 Å². The summed E-state index contributed by atoms with van der Waals surface area (Å²) in [5.74, 6) is 0. The largest absolute Gasteiger partial charge is 0.384 e. The molecule has 2 aromatic carbocycles. The highest BCUT2D eigenvalue weighted by atomic mass is 35.5. The SMILES string of the molecule is Cc1ccc2cc(C(O)c3c(Cl)cccc3Cl)ccc2n1. The van der Waals surface area contributed by atoms with E-state index in [1.165, 1.54) is 0 Å². The summed E-state index contributed by atoms with van der Waals surface area (Å²) in [5, 5.41) is 12.5. The lowest BCUT2D eigenvalue weighted by Gasteiger charge is -2.15. The van der Waals surface area contributed by atoms with Crippen molar-refractivity contribution in [3.8, 4) is 0 Å². The predicted octanol–water partition coefficient (Wildman–Crippen LogP) is 4.93. The van der Waals surface area contributed by atoms with Crippen molar-refractivity contribution in [2.75, 3.05) is 0 Å². The number of benzene rings is 2. The molecule has 0 fully saturated rings. The fraction of sp³-hybridized carbons (Fsp3) is 0.118. The molecule has 3 aromatic rings. The predicted molar refractivity (Wildman–Crippen MR) is 87.0 cm³/mol. The van der Waals surface area contributed by atoms with Crippen molar-refractivity contribution in [3.63, 3.8) is 0 Å². The molecule has 0 aliphatic heterocycles. The summed E-state index contributed by atoms with van der Waals surface area (Å²) in [6.45, 7) is 1.95. The third-order valence-corrected chi connectivity index (χ3v) is 4.10. The van der Waals surface area contributed by atoms with E-state index in [1.54, 1.807) is 18.2 Å². The first-order valence-electron chi connectivity index (χ1n) is 6.55. The van der Waals surface area contributed by atoms with Crippen LogP contribution >= 0.6 is 23.2 Å². The van der Waals surface area contributed by atoms with Crippen LogP contribution in [0.25, 0.3) is 10.9 Å². The molecule has 1 N–H and O–H groups in total. The van der Waals surface area contributed by atoms with E-state index in [0.717, 1.165) is 22.2 Å². The number of nitrogens with zero attached hydrogens (tertiary/aromatic N) is 1. The molecule has 0 aliphatic rings. The summed E-state index contributed by atoms with van der Waals surface area (Å²) in [4.78, 5) is 4.45. The topological polar surface area (TPSA) is 33.1 Å². The van der Waals surface area contributed by atoms with E-state index < -0.39 is 6.10 Å². The first kappa shape index (κ1) is 14.3. The van der Waals surface area contributed by atoms with Crippen LogP contribution in [0.5, 0.6) is 0 Å². The molecule has 2 nitrogen and oxygen atoms in total. The van der Waals surface area contributed by atoms with E-state index >= 15 is 0 Å². The van der Waals surface area contributed by atoms with Gasteiger partial charge in [-0.05, 0) is 42.8 Å². The van der Waals surface area contributed by atoms with Crippen molar-refractivity contribution in [3.05, 3.63) is 75.4 Å². The van der Waals surface area contributed by atoms with Gasteiger partial charge in [-0.15, -0.1) is 0 Å². The number of fused-ring (bicyclic) bond motifs is 1. The first-order valence-corrected chi connectivity index (χ1v) is 7.31. The molecule has 0 aliphatic carbocycles. The lowest BCUT2D eigenvalue weighted by Crippen LogP contribution is -2.01. The van der Waals surface area contributed by atoms with Crippen LogP contribution in [0.15, 0.2) is 48.5 Å². The minimum Gasteiger partial charge on any atom is -0.384 e. The maximum Gasteiger partial charge on any atom is 0.107 e. The van der Waals surface area contributed by atoms with E-state index in [-0.39, 0.29) is 0 Å². The van der Waals surface area contributed by atoms with E-state index in [1.807, 2.05) is 37.3 Å². The number of pyridine rings is 1. The lowest BCUT2D eigenvalue weighted by atomic mass is 9.99. The number of aryl methyl sites for hydroxylation is 1. The first-order chi connectivity index (χ1) is 10.1. The Morgan fingerprint density at radius 3 is 2.43 bits per heavy atom. The maximum atomic E-state index is 10.6. The summed E-state index contributed by atoms with van der Waals surface area (Å²) in [5.41, 5.74) is 3.13. The summed E-state index contributed by atoms with van der Waals surface area (Å²) in [6.07, 6.45) is -0.864. The Balaban J connectivity index is 2.09. The van der Waals surface area contributed by atoms with Crippen LogP contribution < -0.4 is 0 Å². The Kier molecular flexibility index (Phi) is 3.85. The van der Waals surface area contributed by atoms with Gasteiger partial charge in [-0.1, -0.05) is 41.4 Å². The summed E-state index contributed by atoms with van der Waals surface area (Å²) in [7, 11) is 0. The normalized spacial score (nSPS) is 12.6. The molecular formula is C17H13Cl2NO. The molecule has 1 unspecified atom stereocenters. The summed E-state index contributed by atoms with van der Waals surface area (Å²) < 4.78 is 0. The smallest absolute Gasteiger partial charge is 0.107 e. The average Bonchev–Trinajstić information content (AvgIpc) is 2.46. The highest BCUT2D eigenvalue weighted by Crippen LogP contribution is 2.34. The van der Waals surface area contributed by atoms with Crippen LogP contribution in [0.1, 0.15) is 22.9 Å². The van der Waals surface area contributed by atoms with Crippen molar-refractivity contribution in [1.82, 2.24) is 4.98 Å². The molecule has 0 bridgehead atoms. The molecule has 1 atom stereocenters. The van der Waals surface area contributed by atoms with Crippen molar-refractivity contribution in [1.29, 1.82) is 0 Å². The van der Waals surface area contributed by atoms with Gasteiger partial charge in [-0.2, -0.15) is 0 Å². The van der Waals surface area contributed by atoms with Crippen LogP contribution in [0, 0.1) is 6.92 Å². The highest BCUT2D eigenvalue weighted by molar-refractivity contribution is 6.36. The molecule has 0 radical (unpaired) electrons. The van der Waals surface area contributed by atoms with E-state index in [9.17, 15) is 5.11 Å². The minimum absolute atomic E-state index is 0.456. The molecule has 106 valence electrons. The van der Waals surface area contributed by atoms with Gasteiger partial charge >= 0.3 is 0 Å². The third-order valence-electron chi connectivity index (χ3n) is 3.44. The number of aromatic nitrogens is 1. The molecular weight excluding hydrogens is 305 g/mol. The number of aliphatic hydroxyl groups excluding tert-OH is 1. The van der Waals surface area contributed by atoms with Crippen LogP contribution in [0.3, 0.4) is 0 Å². The minimum atomic E-state index is -0.864. The monoisotopic (exact) mass is 317 g/mol. The highest BCUT2D eigenvalue weighted by Gasteiger charge is 2.17. The molecule has 0 saturated heterocycles. The number of halogens is 2. The van der Waals surface area contributed by atoms with Gasteiger partial charge in [0.15, 0.2) is 0 Å². The second-order valence-electron chi connectivity index (χ2n) is 4.94. The van der Waals surface area contributed by atoms with Crippen molar-refractivity contribution in [2.24, 2.45) is 0 Å². The molecule has 0 spiro atoms. The van der Waals surface area contributed by atoms with Gasteiger partial charge in [0.05, 0.1) is 5.52 Å². The fourth-order valence-electron chi connectivity index (χ4n) is 2.35. The van der Waals surface area contributed by atoms with Crippen LogP contribution in [-0.4, -0.2) is 10.1 Å². The Hall–Kier alpha value is -1.61. The molecule has 4 heteroatoms. The number of aliphatic hydroxyl groups is 1. The zero-order chi connectivity index (χ0) is 15.0. The molecule has 1 heterocycles. The number of rotatable bonds is 2. The standard InChI is InChI=1S/C17H13Cl2NO/c1-10-5-6-11-9-12(7-8-15(11)20-10)17(21)16-13(18)3-2-4-14(16)19/h2-9,17,21H,1H3. The average molecular weight is 318 g/mol. The Morgan fingerprint density at radius 2 is 1.71 bits per heavy atom. The summed E-state index contributed by atoms with van der Waals surface area (Å²) >= 11 is 12.3. The molecule has 3 rings (SSSR count). The second kappa shape index (κ2) is 5.64. The van der Waals surface area contributed by atoms with Gasteiger partial charge in [0.25, 0.3) is 0 Å². The summed E-state index contributed by atoms with van der Waals surface area (Å²) in [6, 6.07) is 14.8. The fourth-order valence-corrected chi connectivity index (χ4v) is 2.96. The van der Waals surface area contributed by atoms with Gasteiger partial charge in [-0.25, -0.2) is 0 Å². The Morgan fingerprint density at radius 1 is 1.00 bits per heavy atom. The lowest BCUT2D eigenvalue weighted by molar-refractivity contribution is 0.220. The second-order valence-corrected chi connectivity index (χ2v) is 5.76. The molecule has 0 amide bonds. The molecule has 21 heavy (non-hydrogen) atoms. The number of hydrogen-bond donors (Lipinski definition) is 1. The van der Waals surface area contributed by atoms with Crippen LogP contribution in [0.2, 0.25) is 10.0 Å². The quantitative estimate of drug-likeness (QED) is 0.726. The zero-order valence-corrected chi connectivity index (χ0v) is 12.9.